The number of piperidine rings is 2. The molecule has 2 fully saturated rings. The summed E-state index contributed by atoms with van der Waals surface area (Å²) in [5.74, 6) is 0.998. The van der Waals surface area contributed by atoms with E-state index >= 15 is 0 Å². The fourth-order valence-electron chi connectivity index (χ4n) is 4.94. The minimum absolute atomic E-state index is 0.0583. The van der Waals surface area contributed by atoms with Gasteiger partial charge in [0.1, 0.15) is 22.9 Å². The molecule has 0 unspecified atom stereocenters. The zero-order valence-corrected chi connectivity index (χ0v) is 17.9. The normalized spacial score (nSPS) is 28.4. The lowest BCUT2D eigenvalue weighted by Crippen LogP contribution is -2.64. The third kappa shape index (κ3) is 3.79. The zero-order valence-electron chi connectivity index (χ0n) is 17.1. The first-order valence-electron chi connectivity index (χ1n) is 10.2. The maximum atomic E-state index is 10.4. The van der Waals surface area contributed by atoms with E-state index in [9.17, 15) is 5.11 Å². The van der Waals surface area contributed by atoms with Gasteiger partial charge in [-0.1, -0.05) is 11.8 Å². The fraction of sp³-hybridized carbons (Fsp3) is 0.476. The number of fused-ring (bicyclic) bond motifs is 2. The van der Waals surface area contributed by atoms with Gasteiger partial charge in [0.25, 0.3) is 0 Å². The molecule has 0 aromatic carbocycles. The molecule has 0 aliphatic carbocycles. The molecule has 0 amide bonds. The lowest BCUT2D eigenvalue weighted by molar-refractivity contribution is 0.0973. The Kier molecular flexibility index (Phi) is 4.74. The third-order valence-electron chi connectivity index (χ3n) is 6.12. The van der Waals surface area contributed by atoms with Gasteiger partial charge >= 0.3 is 0 Å². The number of aromatic nitrogens is 6. The molecule has 9 heteroatoms. The van der Waals surface area contributed by atoms with Crippen LogP contribution in [0.4, 0.5) is 0 Å². The van der Waals surface area contributed by atoms with Crippen molar-refractivity contribution >= 4 is 11.8 Å². The van der Waals surface area contributed by atoms with E-state index in [1.165, 1.54) is 19.3 Å². The van der Waals surface area contributed by atoms with Crippen molar-refractivity contribution in [1.82, 2.24) is 35.0 Å². The van der Waals surface area contributed by atoms with Crippen LogP contribution in [0.2, 0.25) is 0 Å². The van der Waals surface area contributed by atoms with E-state index in [1.807, 2.05) is 0 Å². The van der Waals surface area contributed by atoms with Gasteiger partial charge in [-0.05, 0) is 46.0 Å². The number of aromatic hydroxyl groups is 1. The first-order chi connectivity index (χ1) is 14.4. The van der Waals surface area contributed by atoms with Crippen LogP contribution < -0.4 is 5.32 Å². The largest absolute Gasteiger partial charge is 0.507 e. The number of imidazole rings is 1. The summed E-state index contributed by atoms with van der Waals surface area (Å²) in [6.45, 7) is 4.68. The summed E-state index contributed by atoms with van der Waals surface area (Å²) in [5, 5.41) is 24.2. The number of thioether (sulfide) groups is 1. The van der Waals surface area contributed by atoms with Crippen molar-refractivity contribution in [3.63, 3.8) is 0 Å². The Bertz CT molecular complexity index is 1020. The molecule has 0 radical (unpaired) electrons. The second kappa shape index (κ2) is 7.31. The first kappa shape index (κ1) is 19.4. The second-order valence-corrected chi connectivity index (χ2v) is 10.2. The average molecular weight is 424 g/mol. The van der Waals surface area contributed by atoms with E-state index in [2.05, 4.69) is 44.3 Å². The van der Waals surface area contributed by atoms with Crippen LogP contribution in [0.3, 0.4) is 0 Å². The quantitative estimate of drug-likeness (QED) is 0.659. The number of nitrogens with one attached hydrogen (secondary N) is 1. The van der Waals surface area contributed by atoms with Crippen molar-refractivity contribution in [2.75, 3.05) is 0 Å². The molecule has 5 heterocycles. The minimum Gasteiger partial charge on any atom is -0.507 e. The smallest absolute Gasteiger partial charge is 0.187 e. The average Bonchev–Trinajstić information content (AvgIpc) is 3.22. The van der Waals surface area contributed by atoms with E-state index in [1.54, 1.807) is 53.5 Å². The fourth-order valence-corrected chi connectivity index (χ4v) is 6.39. The zero-order chi connectivity index (χ0) is 20.8. The molecule has 0 spiro atoms. The molecular formula is C21H25N7OS. The van der Waals surface area contributed by atoms with Gasteiger partial charge in [0.15, 0.2) is 5.82 Å². The molecule has 2 saturated heterocycles. The number of pyridine rings is 1. The number of hydrogen-bond acceptors (Lipinski definition) is 8. The maximum Gasteiger partial charge on any atom is 0.187 e. The molecule has 30 heavy (non-hydrogen) atoms. The van der Waals surface area contributed by atoms with Crippen LogP contribution in [0.25, 0.3) is 17.2 Å². The molecule has 2 aliphatic heterocycles. The van der Waals surface area contributed by atoms with E-state index in [4.69, 9.17) is 0 Å². The number of rotatable bonds is 4. The van der Waals surface area contributed by atoms with Gasteiger partial charge in [0.2, 0.25) is 0 Å². The monoisotopic (exact) mass is 423 g/mol. The van der Waals surface area contributed by atoms with Crippen molar-refractivity contribution in [3.8, 4) is 23.0 Å². The summed E-state index contributed by atoms with van der Waals surface area (Å²) in [6.07, 6.45) is 14.4. The van der Waals surface area contributed by atoms with E-state index in [0.29, 0.717) is 22.5 Å². The second-order valence-electron chi connectivity index (χ2n) is 8.90. The van der Waals surface area contributed by atoms with Gasteiger partial charge in [0, 0.05) is 41.0 Å². The molecule has 5 rings (SSSR count). The predicted octanol–water partition coefficient (Wildman–Crippen LogP) is 3.37. The molecule has 0 saturated carbocycles. The molecule has 2 aliphatic rings. The number of hydrogen-bond donors (Lipinski definition) is 2. The molecule has 156 valence electrons. The predicted molar refractivity (Wildman–Crippen MR) is 115 cm³/mol. The third-order valence-corrected chi connectivity index (χ3v) is 7.22. The first-order valence-corrected chi connectivity index (χ1v) is 11.1. The number of nitrogens with zero attached hydrogens (tertiary/aromatic N) is 6. The Morgan fingerprint density at radius 3 is 2.57 bits per heavy atom. The lowest BCUT2D eigenvalue weighted by atomic mass is 9.71. The molecule has 3 aromatic heterocycles. The highest BCUT2D eigenvalue weighted by molar-refractivity contribution is 7.99. The SMILES string of the molecule is C[C@]12CCC[C@](C)(C[C@@H](Sc3cnc(-c4cnc(-n5ccnc5)cc4O)nn3)C1)N2. The summed E-state index contributed by atoms with van der Waals surface area (Å²) < 4.78 is 1.72. The van der Waals surface area contributed by atoms with E-state index in [0.717, 1.165) is 17.9 Å². The topological polar surface area (TPSA) is 102 Å². The van der Waals surface area contributed by atoms with E-state index < -0.39 is 0 Å². The van der Waals surface area contributed by atoms with Gasteiger partial charge in [-0.2, -0.15) is 0 Å². The van der Waals surface area contributed by atoms with Crippen molar-refractivity contribution in [2.45, 2.75) is 67.3 Å². The molecule has 8 nitrogen and oxygen atoms in total. The Morgan fingerprint density at radius 2 is 1.93 bits per heavy atom. The van der Waals surface area contributed by atoms with E-state index in [-0.39, 0.29) is 16.8 Å². The van der Waals surface area contributed by atoms with Crippen molar-refractivity contribution < 1.29 is 5.11 Å². The lowest BCUT2D eigenvalue weighted by Gasteiger charge is -2.53. The van der Waals surface area contributed by atoms with Crippen molar-refractivity contribution in [3.05, 3.63) is 37.2 Å². The highest BCUT2D eigenvalue weighted by Gasteiger charge is 2.45. The van der Waals surface area contributed by atoms with Crippen LogP contribution in [0, 0.1) is 0 Å². The summed E-state index contributed by atoms with van der Waals surface area (Å²) >= 11 is 1.76. The van der Waals surface area contributed by atoms with Gasteiger partial charge in [-0.15, -0.1) is 10.2 Å². The van der Waals surface area contributed by atoms with Gasteiger partial charge in [-0.25, -0.2) is 15.0 Å². The minimum atomic E-state index is 0.0583. The Morgan fingerprint density at radius 1 is 1.13 bits per heavy atom. The molecule has 3 aromatic rings. The van der Waals surface area contributed by atoms with Crippen LogP contribution in [0.1, 0.15) is 46.0 Å². The summed E-state index contributed by atoms with van der Waals surface area (Å²) in [6, 6.07) is 1.57. The van der Waals surface area contributed by atoms with Gasteiger partial charge < -0.3 is 10.4 Å². The summed E-state index contributed by atoms with van der Waals surface area (Å²) in [4.78, 5) is 12.8. The van der Waals surface area contributed by atoms with Crippen LogP contribution in [-0.2, 0) is 0 Å². The standard InChI is InChI=1S/C21H25N7OS/c1-20-4-3-5-21(2,27-20)10-14(9-20)30-18-12-24-19(26-25-18)15-11-23-17(8-16(15)29)28-7-6-22-13-28/h6-8,11-14,27H,3-5,9-10H2,1-2H3,(H,23,29)/t14-,20-,21+. The molecule has 2 N–H and O–H groups in total. The van der Waals surface area contributed by atoms with Gasteiger partial charge in [0.05, 0.1) is 11.8 Å². The Balaban J connectivity index is 1.31. The summed E-state index contributed by atoms with van der Waals surface area (Å²) in [5.41, 5.74) is 0.871. The Labute approximate surface area is 179 Å². The molecular weight excluding hydrogens is 398 g/mol. The summed E-state index contributed by atoms with van der Waals surface area (Å²) in [7, 11) is 0. The van der Waals surface area contributed by atoms with Crippen LogP contribution in [0.15, 0.2) is 42.2 Å². The molecule has 2 bridgehead atoms. The van der Waals surface area contributed by atoms with Crippen molar-refractivity contribution in [2.24, 2.45) is 0 Å². The van der Waals surface area contributed by atoms with Crippen LogP contribution >= 0.6 is 11.8 Å². The van der Waals surface area contributed by atoms with Crippen LogP contribution in [0.5, 0.6) is 5.75 Å². The van der Waals surface area contributed by atoms with Crippen LogP contribution in [-0.4, -0.2) is 51.2 Å². The highest BCUT2D eigenvalue weighted by atomic mass is 32.2. The highest BCUT2D eigenvalue weighted by Crippen LogP contribution is 2.45. The Hall–Kier alpha value is -2.52. The maximum absolute atomic E-state index is 10.4. The molecule has 3 atom stereocenters. The van der Waals surface area contributed by atoms with Crippen molar-refractivity contribution in [1.29, 1.82) is 0 Å². The van der Waals surface area contributed by atoms with Gasteiger partial charge in [-0.3, -0.25) is 4.57 Å².